The molecule has 0 aliphatic heterocycles. The van der Waals surface area contributed by atoms with Crippen molar-refractivity contribution in [2.45, 2.75) is 103 Å². The molecule has 0 radical (unpaired) electrons. The average Bonchev–Trinajstić information content (AvgIpc) is 2.72. The summed E-state index contributed by atoms with van der Waals surface area (Å²) in [4.78, 5) is 46.0. The van der Waals surface area contributed by atoms with Gasteiger partial charge in [0.25, 0.3) is 0 Å². The Morgan fingerprint density at radius 1 is 0.581 bits per heavy atom. The number of amides is 2. The molecule has 0 spiro atoms. The molecule has 8 nitrogen and oxygen atoms in total. The van der Waals surface area contributed by atoms with Crippen LogP contribution in [0.2, 0.25) is 0 Å². The predicted octanol–water partition coefficient (Wildman–Crippen LogP) is 3.97. The third-order valence-electron chi connectivity index (χ3n) is 5.32. The highest BCUT2D eigenvalue weighted by molar-refractivity contribution is 5.87. The summed E-state index contributed by atoms with van der Waals surface area (Å²) >= 11 is 0. The number of nitrogens with one attached hydrogen (secondary N) is 1. The molecule has 0 fully saturated rings. The van der Waals surface area contributed by atoms with Gasteiger partial charge in [0.15, 0.2) is 0 Å². The summed E-state index contributed by atoms with van der Waals surface area (Å²) in [6.07, 6.45) is 16.0. The molecule has 0 aromatic heterocycles. The van der Waals surface area contributed by atoms with Crippen LogP contribution in [0.5, 0.6) is 0 Å². The molecule has 180 valence electrons. The van der Waals surface area contributed by atoms with E-state index in [1.54, 1.807) is 0 Å². The van der Waals surface area contributed by atoms with Crippen LogP contribution in [-0.4, -0.2) is 59.0 Å². The van der Waals surface area contributed by atoms with Gasteiger partial charge in [0.2, 0.25) is 11.8 Å². The van der Waals surface area contributed by atoms with Crippen LogP contribution in [-0.2, 0) is 19.2 Å². The molecular formula is C23H42N2O6. The molecule has 2 amide bonds. The maximum Gasteiger partial charge on any atom is 0.323 e. The zero-order valence-corrected chi connectivity index (χ0v) is 19.2. The van der Waals surface area contributed by atoms with Gasteiger partial charge in [-0.3, -0.25) is 19.2 Å². The van der Waals surface area contributed by atoms with E-state index in [4.69, 9.17) is 10.2 Å². The van der Waals surface area contributed by atoms with E-state index in [-0.39, 0.29) is 31.2 Å². The third-order valence-corrected chi connectivity index (χ3v) is 5.32. The van der Waals surface area contributed by atoms with E-state index in [2.05, 4.69) is 5.32 Å². The second-order valence-electron chi connectivity index (χ2n) is 8.16. The number of carboxylic acids is 2. The van der Waals surface area contributed by atoms with Gasteiger partial charge >= 0.3 is 11.9 Å². The zero-order chi connectivity index (χ0) is 23.3. The minimum Gasteiger partial charge on any atom is -0.481 e. The van der Waals surface area contributed by atoms with Gasteiger partial charge in [-0.1, -0.05) is 77.0 Å². The van der Waals surface area contributed by atoms with Crippen LogP contribution in [0.25, 0.3) is 0 Å². The maximum atomic E-state index is 12.2. The molecular weight excluding hydrogens is 400 g/mol. The van der Waals surface area contributed by atoms with Gasteiger partial charge in [-0.05, 0) is 12.8 Å². The SMILES string of the molecule is CNC(=O)CN(CC(=O)O)C(=O)CCCCCCCCCCCCCCCCC(=O)O. The standard InChI is InChI=1S/C23H42N2O6/c1-24-20(26)18-25(19-23(30)31)21(27)16-14-12-10-8-6-4-2-3-5-7-9-11-13-15-17-22(28)29/h2-19H2,1H3,(H,24,26)(H,28,29)(H,30,31). The number of likely N-dealkylation sites (N-methyl/N-ethyl adjacent to an activating group) is 1. The molecule has 0 rings (SSSR count). The van der Waals surface area contributed by atoms with E-state index in [1.165, 1.54) is 52.0 Å². The minimum atomic E-state index is -1.12. The topological polar surface area (TPSA) is 124 Å². The van der Waals surface area contributed by atoms with Crippen LogP contribution in [0.15, 0.2) is 0 Å². The Morgan fingerprint density at radius 2 is 0.968 bits per heavy atom. The van der Waals surface area contributed by atoms with E-state index in [1.807, 2.05) is 0 Å². The molecule has 0 aliphatic carbocycles. The number of carbonyl (C=O) groups excluding carboxylic acids is 2. The summed E-state index contributed by atoms with van der Waals surface area (Å²) in [5, 5.41) is 19.9. The number of nitrogens with zero attached hydrogens (tertiary/aromatic N) is 1. The summed E-state index contributed by atoms with van der Waals surface area (Å²) in [7, 11) is 1.46. The van der Waals surface area contributed by atoms with Crippen LogP contribution >= 0.6 is 0 Å². The van der Waals surface area contributed by atoms with Crippen LogP contribution in [0.4, 0.5) is 0 Å². The smallest absolute Gasteiger partial charge is 0.323 e. The lowest BCUT2D eigenvalue weighted by Crippen LogP contribution is -2.42. The van der Waals surface area contributed by atoms with Crippen molar-refractivity contribution >= 4 is 23.8 Å². The highest BCUT2D eigenvalue weighted by Gasteiger charge is 2.18. The average molecular weight is 443 g/mol. The van der Waals surface area contributed by atoms with E-state index in [0.29, 0.717) is 0 Å². The molecule has 0 aliphatic rings. The Bertz CT molecular complexity index is 524. The molecule has 0 heterocycles. The lowest BCUT2D eigenvalue weighted by Gasteiger charge is -2.19. The molecule has 8 heteroatoms. The van der Waals surface area contributed by atoms with Gasteiger partial charge in [0.1, 0.15) is 13.1 Å². The normalized spacial score (nSPS) is 10.6. The van der Waals surface area contributed by atoms with Crippen LogP contribution < -0.4 is 5.32 Å². The number of hydrogen-bond acceptors (Lipinski definition) is 4. The predicted molar refractivity (Wildman–Crippen MR) is 120 cm³/mol. The highest BCUT2D eigenvalue weighted by atomic mass is 16.4. The molecule has 0 unspecified atom stereocenters. The number of unbranched alkanes of at least 4 members (excludes halogenated alkanes) is 13. The van der Waals surface area contributed by atoms with Crippen molar-refractivity contribution in [1.29, 1.82) is 0 Å². The fraction of sp³-hybridized carbons (Fsp3) is 0.826. The summed E-state index contributed by atoms with van der Waals surface area (Å²) in [5.74, 6) is -2.47. The Hall–Kier alpha value is -2.12. The van der Waals surface area contributed by atoms with Crippen molar-refractivity contribution in [1.82, 2.24) is 10.2 Å². The van der Waals surface area contributed by atoms with Crippen LogP contribution in [0, 0.1) is 0 Å². The first-order valence-electron chi connectivity index (χ1n) is 11.8. The van der Waals surface area contributed by atoms with E-state index in [9.17, 15) is 19.2 Å². The van der Waals surface area contributed by atoms with Gasteiger partial charge < -0.3 is 20.4 Å². The lowest BCUT2D eigenvalue weighted by atomic mass is 10.0. The second-order valence-corrected chi connectivity index (χ2v) is 8.16. The van der Waals surface area contributed by atoms with E-state index < -0.39 is 18.5 Å². The third kappa shape index (κ3) is 19.6. The molecule has 0 saturated heterocycles. The lowest BCUT2D eigenvalue weighted by molar-refractivity contribution is -0.145. The molecule has 0 aromatic carbocycles. The Labute approximate surface area is 186 Å². The first kappa shape index (κ1) is 28.9. The summed E-state index contributed by atoms with van der Waals surface area (Å²) < 4.78 is 0. The Balaban J connectivity index is 3.53. The maximum absolute atomic E-state index is 12.2. The van der Waals surface area contributed by atoms with Crippen molar-refractivity contribution in [3.63, 3.8) is 0 Å². The largest absolute Gasteiger partial charge is 0.481 e. The number of rotatable bonds is 21. The first-order chi connectivity index (χ1) is 14.9. The molecule has 0 atom stereocenters. The molecule has 0 bridgehead atoms. The van der Waals surface area contributed by atoms with Gasteiger partial charge in [-0.2, -0.15) is 0 Å². The minimum absolute atomic E-state index is 0.216. The second kappa shape index (κ2) is 19.8. The molecule has 0 saturated carbocycles. The van der Waals surface area contributed by atoms with Gasteiger partial charge in [-0.15, -0.1) is 0 Å². The summed E-state index contributed by atoms with van der Waals surface area (Å²) in [6.45, 7) is -0.663. The van der Waals surface area contributed by atoms with Gasteiger partial charge in [0.05, 0.1) is 0 Å². The fourth-order valence-electron chi connectivity index (χ4n) is 3.48. The van der Waals surface area contributed by atoms with Crippen molar-refractivity contribution in [2.24, 2.45) is 0 Å². The zero-order valence-electron chi connectivity index (χ0n) is 19.2. The van der Waals surface area contributed by atoms with Crippen molar-refractivity contribution in [3.8, 4) is 0 Å². The van der Waals surface area contributed by atoms with Gasteiger partial charge in [-0.25, -0.2) is 0 Å². The van der Waals surface area contributed by atoms with E-state index in [0.717, 1.165) is 49.8 Å². The van der Waals surface area contributed by atoms with Gasteiger partial charge in [0, 0.05) is 19.9 Å². The van der Waals surface area contributed by atoms with Crippen LogP contribution in [0.1, 0.15) is 103 Å². The molecule has 0 aromatic rings. The summed E-state index contributed by atoms with van der Waals surface area (Å²) in [6, 6.07) is 0. The Morgan fingerprint density at radius 3 is 1.32 bits per heavy atom. The molecule has 31 heavy (non-hydrogen) atoms. The monoisotopic (exact) mass is 442 g/mol. The number of aliphatic carboxylic acids is 2. The summed E-state index contributed by atoms with van der Waals surface area (Å²) in [5.41, 5.74) is 0. The quantitative estimate of drug-likeness (QED) is 0.231. The van der Waals surface area contributed by atoms with Crippen molar-refractivity contribution in [2.75, 3.05) is 20.1 Å². The fourth-order valence-corrected chi connectivity index (χ4v) is 3.48. The number of carboxylic acid groups (broad SMARTS) is 2. The highest BCUT2D eigenvalue weighted by Crippen LogP contribution is 2.14. The van der Waals surface area contributed by atoms with E-state index >= 15 is 0 Å². The van der Waals surface area contributed by atoms with Crippen molar-refractivity contribution in [3.05, 3.63) is 0 Å². The number of hydrogen-bond donors (Lipinski definition) is 3. The van der Waals surface area contributed by atoms with Crippen molar-refractivity contribution < 1.29 is 29.4 Å². The number of carbonyl (C=O) groups is 4. The Kier molecular flexibility index (Phi) is 18.5. The van der Waals surface area contributed by atoms with Crippen LogP contribution in [0.3, 0.4) is 0 Å². The molecule has 3 N–H and O–H groups in total. The first-order valence-corrected chi connectivity index (χ1v) is 11.8.